The minimum Gasteiger partial charge on any atom is -0.497 e. The normalized spacial score (nSPS) is 23.5. The fourth-order valence-corrected chi connectivity index (χ4v) is 4.15. The standard InChI is InChI=1S/C21H25ClN2O4/c1-21(2,3)28-20(25)24-9-14-15(10-24)16(14)11-27-19-13-7-12(26-4)5-6-18(13)23-8-17(19)22/h5-8,14-16H,9-11H2,1-4H3. The number of fused-ring (bicyclic) bond motifs is 2. The molecule has 0 spiro atoms. The van der Waals surface area contributed by atoms with Crippen molar-refractivity contribution in [3.05, 3.63) is 29.4 Å². The van der Waals surface area contributed by atoms with Crippen LogP contribution in [0, 0.1) is 17.8 Å². The lowest BCUT2D eigenvalue weighted by atomic mass is 10.2. The van der Waals surface area contributed by atoms with Gasteiger partial charge in [0.1, 0.15) is 22.1 Å². The van der Waals surface area contributed by atoms with E-state index >= 15 is 0 Å². The van der Waals surface area contributed by atoms with Crippen LogP contribution >= 0.6 is 11.6 Å². The van der Waals surface area contributed by atoms with Crippen LogP contribution in [0.5, 0.6) is 11.5 Å². The number of amides is 1. The highest BCUT2D eigenvalue weighted by atomic mass is 35.5. The van der Waals surface area contributed by atoms with Crippen LogP contribution in [0.25, 0.3) is 10.9 Å². The predicted molar refractivity (Wildman–Crippen MR) is 107 cm³/mol. The first-order valence-electron chi connectivity index (χ1n) is 9.50. The topological polar surface area (TPSA) is 60.9 Å². The molecule has 2 aromatic rings. The van der Waals surface area contributed by atoms with Gasteiger partial charge < -0.3 is 19.1 Å². The first-order chi connectivity index (χ1) is 13.3. The SMILES string of the molecule is COc1ccc2ncc(Cl)c(OCC3C4CN(C(=O)OC(C)(C)C)CC34)c2c1. The van der Waals surface area contributed by atoms with Crippen LogP contribution in [-0.2, 0) is 4.74 Å². The Hall–Kier alpha value is -2.21. The molecule has 1 aromatic carbocycles. The van der Waals surface area contributed by atoms with E-state index in [0.717, 1.165) is 29.7 Å². The smallest absolute Gasteiger partial charge is 0.410 e. The average Bonchev–Trinajstić information content (AvgIpc) is 3.08. The molecule has 1 amide bonds. The lowest BCUT2D eigenvalue weighted by molar-refractivity contribution is 0.0261. The fourth-order valence-electron chi connectivity index (χ4n) is 3.95. The average molecular weight is 405 g/mol. The van der Waals surface area contributed by atoms with Gasteiger partial charge in [-0.05, 0) is 50.8 Å². The Morgan fingerprint density at radius 3 is 2.64 bits per heavy atom. The molecule has 2 unspecified atom stereocenters. The molecule has 2 aliphatic rings. The molecule has 1 saturated heterocycles. The van der Waals surface area contributed by atoms with Crippen molar-refractivity contribution in [3.8, 4) is 11.5 Å². The number of pyridine rings is 1. The zero-order valence-electron chi connectivity index (χ0n) is 16.6. The molecule has 0 bridgehead atoms. The first-order valence-corrected chi connectivity index (χ1v) is 9.87. The van der Waals surface area contributed by atoms with Crippen LogP contribution in [-0.4, -0.2) is 48.4 Å². The van der Waals surface area contributed by atoms with Gasteiger partial charge in [-0.15, -0.1) is 0 Å². The van der Waals surface area contributed by atoms with Gasteiger partial charge in [0, 0.05) is 30.6 Å². The van der Waals surface area contributed by atoms with Crippen molar-refractivity contribution >= 4 is 28.6 Å². The summed E-state index contributed by atoms with van der Waals surface area (Å²) in [5, 5.41) is 1.33. The molecule has 2 atom stereocenters. The Morgan fingerprint density at radius 2 is 2.00 bits per heavy atom. The van der Waals surface area contributed by atoms with Gasteiger partial charge in [0.2, 0.25) is 0 Å². The van der Waals surface area contributed by atoms with Gasteiger partial charge in [0.25, 0.3) is 0 Å². The number of rotatable bonds is 4. The minimum atomic E-state index is -0.466. The number of likely N-dealkylation sites (tertiary alicyclic amines) is 1. The third kappa shape index (κ3) is 3.70. The van der Waals surface area contributed by atoms with Crippen LogP contribution in [0.2, 0.25) is 5.02 Å². The van der Waals surface area contributed by atoms with E-state index < -0.39 is 5.60 Å². The zero-order chi connectivity index (χ0) is 20.1. The Bertz CT molecular complexity index is 899. The number of piperidine rings is 1. The maximum atomic E-state index is 12.2. The van der Waals surface area contributed by atoms with Gasteiger partial charge >= 0.3 is 6.09 Å². The van der Waals surface area contributed by atoms with Crippen molar-refractivity contribution in [1.82, 2.24) is 9.88 Å². The van der Waals surface area contributed by atoms with Gasteiger partial charge in [-0.1, -0.05) is 11.6 Å². The number of benzene rings is 1. The molecule has 1 aliphatic carbocycles. The number of nitrogens with zero attached hydrogens (tertiary/aromatic N) is 2. The molecule has 1 aliphatic heterocycles. The van der Waals surface area contributed by atoms with Crippen LogP contribution in [0.3, 0.4) is 0 Å². The van der Waals surface area contributed by atoms with Gasteiger partial charge in [0.15, 0.2) is 0 Å². The van der Waals surface area contributed by atoms with Crippen molar-refractivity contribution < 1.29 is 19.0 Å². The van der Waals surface area contributed by atoms with E-state index in [2.05, 4.69) is 4.98 Å². The largest absolute Gasteiger partial charge is 0.497 e. The zero-order valence-corrected chi connectivity index (χ0v) is 17.3. The van der Waals surface area contributed by atoms with Crippen molar-refractivity contribution in [3.63, 3.8) is 0 Å². The molecule has 1 aromatic heterocycles. The van der Waals surface area contributed by atoms with E-state index in [1.54, 1.807) is 18.2 Å². The third-order valence-corrected chi connectivity index (χ3v) is 5.69. The van der Waals surface area contributed by atoms with Gasteiger partial charge in [-0.3, -0.25) is 4.98 Å². The second-order valence-corrected chi connectivity index (χ2v) is 8.91. The molecule has 2 fully saturated rings. The van der Waals surface area contributed by atoms with Crippen LogP contribution in [0.4, 0.5) is 4.79 Å². The number of ether oxygens (including phenoxy) is 3. The number of carbonyl (C=O) groups is 1. The summed E-state index contributed by atoms with van der Waals surface area (Å²) in [5.41, 5.74) is 0.347. The van der Waals surface area contributed by atoms with Crippen molar-refractivity contribution in [2.75, 3.05) is 26.8 Å². The van der Waals surface area contributed by atoms with E-state index in [4.69, 9.17) is 25.8 Å². The van der Waals surface area contributed by atoms with Crippen molar-refractivity contribution in [2.45, 2.75) is 26.4 Å². The minimum absolute atomic E-state index is 0.227. The highest BCUT2D eigenvalue weighted by Gasteiger charge is 2.57. The molecule has 7 heteroatoms. The molecule has 6 nitrogen and oxygen atoms in total. The maximum Gasteiger partial charge on any atom is 0.410 e. The molecule has 4 rings (SSSR count). The molecule has 2 heterocycles. The van der Waals surface area contributed by atoms with Crippen LogP contribution in [0.15, 0.2) is 24.4 Å². The molecule has 0 N–H and O–H groups in total. The summed E-state index contributed by atoms with van der Waals surface area (Å²) < 4.78 is 16.9. The first kappa shape index (κ1) is 19.1. The number of hydrogen-bond donors (Lipinski definition) is 0. The Balaban J connectivity index is 1.39. The van der Waals surface area contributed by atoms with Crippen molar-refractivity contribution in [2.24, 2.45) is 17.8 Å². The second kappa shape index (κ2) is 6.99. The molecule has 0 radical (unpaired) electrons. The van der Waals surface area contributed by atoms with Crippen molar-refractivity contribution in [1.29, 1.82) is 0 Å². The lowest BCUT2D eigenvalue weighted by Gasteiger charge is -2.26. The van der Waals surface area contributed by atoms with Crippen LogP contribution in [0.1, 0.15) is 20.8 Å². The molecule has 28 heavy (non-hydrogen) atoms. The Morgan fingerprint density at radius 1 is 1.29 bits per heavy atom. The summed E-state index contributed by atoms with van der Waals surface area (Å²) in [6.45, 7) is 7.69. The molecular formula is C21H25ClN2O4. The summed E-state index contributed by atoms with van der Waals surface area (Å²) in [4.78, 5) is 18.4. The summed E-state index contributed by atoms with van der Waals surface area (Å²) >= 11 is 6.35. The summed E-state index contributed by atoms with van der Waals surface area (Å²) in [6.07, 6.45) is 1.39. The van der Waals surface area contributed by atoms with E-state index in [0.29, 0.717) is 35.1 Å². The lowest BCUT2D eigenvalue weighted by Crippen LogP contribution is -2.37. The molecular weight excluding hydrogens is 380 g/mol. The monoisotopic (exact) mass is 404 g/mol. The quantitative estimate of drug-likeness (QED) is 0.756. The highest BCUT2D eigenvalue weighted by Crippen LogP contribution is 2.52. The number of halogens is 1. The highest BCUT2D eigenvalue weighted by molar-refractivity contribution is 6.33. The number of hydrogen-bond acceptors (Lipinski definition) is 5. The summed E-state index contributed by atoms with van der Waals surface area (Å²) in [5.74, 6) is 2.74. The Labute approximate surface area is 169 Å². The predicted octanol–water partition coefficient (Wildman–Crippen LogP) is 4.39. The van der Waals surface area contributed by atoms with E-state index in [9.17, 15) is 4.79 Å². The van der Waals surface area contributed by atoms with Gasteiger partial charge in [-0.2, -0.15) is 0 Å². The number of aromatic nitrogens is 1. The fraction of sp³-hybridized carbons (Fsp3) is 0.524. The van der Waals surface area contributed by atoms with Crippen LogP contribution < -0.4 is 9.47 Å². The number of carbonyl (C=O) groups excluding carboxylic acids is 1. The number of methoxy groups -OCH3 is 1. The van der Waals surface area contributed by atoms with Gasteiger partial charge in [0.05, 0.1) is 19.2 Å². The van der Waals surface area contributed by atoms with E-state index in [1.807, 2.05) is 39.0 Å². The Kier molecular flexibility index (Phi) is 4.78. The second-order valence-electron chi connectivity index (χ2n) is 8.51. The van der Waals surface area contributed by atoms with E-state index in [1.165, 1.54) is 0 Å². The maximum absolute atomic E-state index is 12.2. The van der Waals surface area contributed by atoms with E-state index in [-0.39, 0.29) is 6.09 Å². The van der Waals surface area contributed by atoms with Gasteiger partial charge in [-0.25, -0.2) is 4.79 Å². The molecule has 150 valence electrons. The summed E-state index contributed by atoms with van der Waals surface area (Å²) in [7, 11) is 1.63. The summed E-state index contributed by atoms with van der Waals surface area (Å²) in [6, 6.07) is 5.65. The third-order valence-electron chi connectivity index (χ3n) is 5.43. The molecule has 1 saturated carbocycles.